The molecule has 0 amide bonds. The topological polar surface area (TPSA) is 141 Å². The van der Waals surface area contributed by atoms with Crippen LogP contribution in [0, 0.1) is 5.92 Å². The van der Waals surface area contributed by atoms with E-state index < -0.39 is 42.6 Å². The van der Waals surface area contributed by atoms with Gasteiger partial charge in [0.1, 0.15) is 0 Å². The zero-order valence-corrected chi connectivity index (χ0v) is 10.7. The maximum atomic E-state index is 11.3. The van der Waals surface area contributed by atoms with Gasteiger partial charge in [-0.15, -0.1) is 0 Å². The second-order valence-electron chi connectivity index (χ2n) is 4.66. The summed E-state index contributed by atoms with van der Waals surface area (Å²) in [7, 11) is 0. The van der Waals surface area contributed by atoms with Crippen molar-refractivity contribution in [1.29, 1.82) is 0 Å². The van der Waals surface area contributed by atoms with Crippen LogP contribution in [0.3, 0.4) is 0 Å². The standard InChI is InChI=1S/C11H18O8/c1-6(2)3-8(14)19-9(15)5-11(18,10(16)17)4-7(12)13/h6,8,14,18H,3-5H2,1-2H3,(H,12,13)(H,16,17). The second-order valence-corrected chi connectivity index (χ2v) is 4.66. The van der Waals surface area contributed by atoms with Gasteiger partial charge in [0.2, 0.25) is 6.29 Å². The van der Waals surface area contributed by atoms with E-state index in [4.69, 9.17) is 10.2 Å². The van der Waals surface area contributed by atoms with Crippen molar-refractivity contribution in [2.24, 2.45) is 5.92 Å². The normalized spacial score (nSPS) is 15.6. The molecule has 0 rings (SSSR count). The van der Waals surface area contributed by atoms with Crippen LogP contribution in [0.25, 0.3) is 0 Å². The number of ether oxygens (including phenoxy) is 1. The van der Waals surface area contributed by atoms with E-state index in [0.29, 0.717) is 0 Å². The van der Waals surface area contributed by atoms with Crippen molar-refractivity contribution < 1.29 is 39.5 Å². The summed E-state index contributed by atoms with van der Waals surface area (Å²) in [5, 5.41) is 36.1. The molecule has 0 saturated carbocycles. The van der Waals surface area contributed by atoms with Crippen molar-refractivity contribution in [3.63, 3.8) is 0 Å². The summed E-state index contributed by atoms with van der Waals surface area (Å²) in [5.41, 5.74) is -2.75. The first kappa shape index (κ1) is 17.3. The third-order valence-electron chi connectivity index (χ3n) is 2.22. The number of aliphatic hydroxyl groups excluding tert-OH is 1. The molecule has 0 heterocycles. The highest BCUT2D eigenvalue weighted by molar-refractivity contribution is 5.88. The van der Waals surface area contributed by atoms with Crippen LogP contribution in [0.5, 0.6) is 0 Å². The Balaban J connectivity index is 4.56. The fraction of sp³-hybridized carbons (Fsp3) is 0.727. The van der Waals surface area contributed by atoms with Crippen molar-refractivity contribution in [2.45, 2.75) is 45.0 Å². The molecule has 8 heteroatoms. The van der Waals surface area contributed by atoms with Crippen LogP contribution in [0.2, 0.25) is 0 Å². The van der Waals surface area contributed by atoms with E-state index in [9.17, 15) is 24.6 Å². The summed E-state index contributed by atoms with van der Waals surface area (Å²) in [6, 6.07) is 0. The number of hydrogen-bond donors (Lipinski definition) is 4. The fourth-order valence-electron chi connectivity index (χ4n) is 1.35. The molecule has 0 aromatic rings. The molecule has 0 spiro atoms. The molecule has 0 saturated heterocycles. The summed E-state index contributed by atoms with van der Waals surface area (Å²) in [6.45, 7) is 3.55. The maximum absolute atomic E-state index is 11.3. The van der Waals surface area contributed by atoms with E-state index in [1.165, 1.54) is 0 Å². The van der Waals surface area contributed by atoms with Crippen molar-refractivity contribution in [3.05, 3.63) is 0 Å². The van der Waals surface area contributed by atoms with Gasteiger partial charge in [0.05, 0.1) is 12.8 Å². The van der Waals surface area contributed by atoms with Crippen molar-refractivity contribution in [1.82, 2.24) is 0 Å². The molecule has 0 bridgehead atoms. The van der Waals surface area contributed by atoms with Crippen LogP contribution in [0.1, 0.15) is 33.1 Å². The van der Waals surface area contributed by atoms with Crippen molar-refractivity contribution >= 4 is 17.9 Å². The quantitative estimate of drug-likeness (QED) is 0.346. The number of carbonyl (C=O) groups excluding carboxylic acids is 1. The van der Waals surface area contributed by atoms with Crippen LogP contribution < -0.4 is 0 Å². The van der Waals surface area contributed by atoms with Gasteiger partial charge in [0.25, 0.3) is 0 Å². The average Bonchev–Trinajstić information content (AvgIpc) is 2.12. The predicted molar refractivity (Wildman–Crippen MR) is 61.0 cm³/mol. The molecular formula is C11H18O8. The SMILES string of the molecule is CC(C)CC(O)OC(=O)CC(O)(CC(=O)O)C(=O)O. The van der Waals surface area contributed by atoms with E-state index >= 15 is 0 Å². The van der Waals surface area contributed by atoms with Crippen molar-refractivity contribution in [2.75, 3.05) is 0 Å². The van der Waals surface area contributed by atoms with E-state index in [1.54, 1.807) is 13.8 Å². The molecule has 0 aliphatic carbocycles. The third kappa shape index (κ3) is 6.73. The Kier molecular flexibility index (Phi) is 6.43. The molecule has 2 unspecified atom stereocenters. The number of aliphatic hydroxyl groups is 2. The molecule has 0 radical (unpaired) electrons. The van der Waals surface area contributed by atoms with E-state index in [-0.39, 0.29) is 12.3 Å². The minimum Gasteiger partial charge on any atom is -0.481 e. The molecule has 4 N–H and O–H groups in total. The Morgan fingerprint density at radius 3 is 2.05 bits per heavy atom. The van der Waals surface area contributed by atoms with E-state index in [1.807, 2.05) is 0 Å². The zero-order chi connectivity index (χ0) is 15.2. The minimum absolute atomic E-state index is 0.0418. The lowest BCUT2D eigenvalue weighted by molar-refractivity contribution is -0.183. The lowest BCUT2D eigenvalue weighted by Gasteiger charge is -2.21. The zero-order valence-electron chi connectivity index (χ0n) is 10.7. The van der Waals surface area contributed by atoms with E-state index in [0.717, 1.165) is 0 Å². The summed E-state index contributed by atoms with van der Waals surface area (Å²) < 4.78 is 4.49. The summed E-state index contributed by atoms with van der Waals surface area (Å²) in [5.74, 6) is -4.55. The predicted octanol–water partition coefficient (Wildman–Crippen LogP) is -0.425. The largest absolute Gasteiger partial charge is 0.481 e. The smallest absolute Gasteiger partial charge is 0.336 e. The molecule has 0 aromatic heterocycles. The van der Waals surface area contributed by atoms with Gasteiger partial charge in [0.15, 0.2) is 5.60 Å². The van der Waals surface area contributed by atoms with Crippen LogP contribution >= 0.6 is 0 Å². The van der Waals surface area contributed by atoms with Gasteiger partial charge in [-0.2, -0.15) is 0 Å². The molecule has 19 heavy (non-hydrogen) atoms. The van der Waals surface area contributed by atoms with Gasteiger partial charge in [-0.05, 0) is 5.92 Å². The summed E-state index contributed by atoms with van der Waals surface area (Å²) in [4.78, 5) is 32.6. The molecule has 110 valence electrons. The summed E-state index contributed by atoms with van der Waals surface area (Å²) >= 11 is 0. The molecule has 0 aliphatic rings. The molecule has 0 fully saturated rings. The first-order chi connectivity index (χ1) is 8.56. The minimum atomic E-state index is -2.75. The third-order valence-corrected chi connectivity index (χ3v) is 2.22. The highest BCUT2D eigenvalue weighted by Crippen LogP contribution is 2.18. The van der Waals surface area contributed by atoms with Gasteiger partial charge in [0, 0.05) is 6.42 Å². The first-order valence-corrected chi connectivity index (χ1v) is 5.62. The van der Waals surface area contributed by atoms with Gasteiger partial charge >= 0.3 is 17.9 Å². The number of rotatable bonds is 8. The van der Waals surface area contributed by atoms with Gasteiger partial charge in [-0.1, -0.05) is 13.8 Å². The van der Waals surface area contributed by atoms with Crippen LogP contribution in [0.15, 0.2) is 0 Å². The van der Waals surface area contributed by atoms with Gasteiger partial charge < -0.3 is 25.2 Å². The van der Waals surface area contributed by atoms with Crippen molar-refractivity contribution in [3.8, 4) is 0 Å². The Morgan fingerprint density at radius 2 is 1.68 bits per heavy atom. The van der Waals surface area contributed by atoms with E-state index in [2.05, 4.69) is 4.74 Å². The number of carboxylic acid groups (broad SMARTS) is 2. The monoisotopic (exact) mass is 278 g/mol. The second kappa shape index (κ2) is 7.05. The van der Waals surface area contributed by atoms with Gasteiger partial charge in [-0.3, -0.25) is 9.59 Å². The Bertz CT molecular complexity index is 351. The lowest BCUT2D eigenvalue weighted by atomic mass is 9.96. The number of carboxylic acids is 2. The fourth-order valence-corrected chi connectivity index (χ4v) is 1.35. The number of aliphatic carboxylic acids is 2. The molecule has 2 atom stereocenters. The average molecular weight is 278 g/mol. The van der Waals surface area contributed by atoms with Gasteiger partial charge in [-0.25, -0.2) is 4.79 Å². The lowest BCUT2D eigenvalue weighted by Crippen LogP contribution is -2.43. The Hall–Kier alpha value is -1.67. The molecule has 0 aliphatic heterocycles. The number of carbonyl (C=O) groups is 3. The highest BCUT2D eigenvalue weighted by atomic mass is 16.6. The summed E-state index contributed by atoms with van der Waals surface area (Å²) in [6.07, 6.45) is -3.46. The number of hydrogen-bond acceptors (Lipinski definition) is 6. The number of esters is 1. The Labute approximate surface area is 109 Å². The molecule has 8 nitrogen and oxygen atoms in total. The molecular weight excluding hydrogens is 260 g/mol. The first-order valence-electron chi connectivity index (χ1n) is 5.62. The maximum Gasteiger partial charge on any atom is 0.336 e. The highest BCUT2D eigenvalue weighted by Gasteiger charge is 2.41. The van der Waals surface area contributed by atoms with Crippen LogP contribution in [-0.2, 0) is 19.1 Å². The Morgan fingerprint density at radius 1 is 1.16 bits per heavy atom. The van der Waals surface area contributed by atoms with Crippen LogP contribution in [0.4, 0.5) is 0 Å². The van der Waals surface area contributed by atoms with Crippen LogP contribution in [-0.4, -0.2) is 50.2 Å². The molecule has 0 aromatic carbocycles.